The molecule has 0 bridgehead atoms. The molecular weight excluding hydrogens is 382 g/mol. The Balaban J connectivity index is 1.98. The van der Waals surface area contributed by atoms with Gasteiger partial charge in [-0.05, 0) is 29.8 Å². The number of para-hydroxylation sites is 1. The van der Waals surface area contributed by atoms with Gasteiger partial charge < -0.3 is 19.5 Å². The van der Waals surface area contributed by atoms with Crippen LogP contribution < -0.4 is 19.5 Å². The molecule has 0 saturated heterocycles. The minimum atomic E-state index is -2.98. The van der Waals surface area contributed by atoms with E-state index in [-0.39, 0.29) is 23.8 Å². The third-order valence-electron chi connectivity index (χ3n) is 3.46. The second kappa shape index (κ2) is 10.2. The Labute approximate surface area is 158 Å². The number of alkyl halides is 4. The fraction of sp³-hybridized carbons (Fsp3) is 0.211. The number of halogens is 4. The SMILES string of the molecule is COc1cc(CNC(=O)/C=C/c2ccccc2OC(F)F)ccc1OC(F)F. The zero-order valence-electron chi connectivity index (χ0n) is 14.7. The van der Waals surface area contributed by atoms with Crippen LogP contribution in [0.2, 0.25) is 0 Å². The van der Waals surface area contributed by atoms with E-state index in [1.807, 2.05) is 0 Å². The van der Waals surface area contributed by atoms with Gasteiger partial charge in [0.1, 0.15) is 5.75 Å². The van der Waals surface area contributed by atoms with Gasteiger partial charge >= 0.3 is 13.2 Å². The molecule has 0 saturated carbocycles. The average Bonchev–Trinajstić information content (AvgIpc) is 2.65. The first-order valence-corrected chi connectivity index (χ1v) is 8.00. The van der Waals surface area contributed by atoms with Gasteiger partial charge in [-0.15, -0.1) is 0 Å². The predicted molar refractivity (Wildman–Crippen MR) is 93.6 cm³/mol. The number of carbonyl (C=O) groups excluding carboxylic acids is 1. The van der Waals surface area contributed by atoms with Crippen LogP contribution in [-0.4, -0.2) is 26.2 Å². The van der Waals surface area contributed by atoms with E-state index in [0.717, 1.165) is 0 Å². The van der Waals surface area contributed by atoms with E-state index in [4.69, 9.17) is 4.74 Å². The number of nitrogens with one attached hydrogen (secondary N) is 1. The van der Waals surface area contributed by atoms with Crippen LogP contribution in [0.1, 0.15) is 11.1 Å². The van der Waals surface area contributed by atoms with Gasteiger partial charge in [-0.1, -0.05) is 24.3 Å². The van der Waals surface area contributed by atoms with E-state index in [1.165, 1.54) is 55.7 Å². The van der Waals surface area contributed by atoms with Gasteiger partial charge in [-0.2, -0.15) is 17.6 Å². The van der Waals surface area contributed by atoms with Gasteiger partial charge in [0.15, 0.2) is 11.5 Å². The Bertz CT molecular complexity index is 827. The topological polar surface area (TPSA) is 56.8 Å². The summed E-state index contributed by atoms with van der Waals surface area (Å²) in [6, 6.07) is 10.3. The molecule has 150 valence electrons. The molecule has 0 atom stereocenters. The van der Waals surface area contributed by atoms with Crippen molar-refractivity contribution in [3.05, 3.63) is 59.7 Å². The average molecular weight is 399 g/mol. The molecule has 2 rings (SSSR count). The van der Waals surface area contributed by atoms with E-state index in [2.05, 4.69) is 14.8 Å². The van der Waals surface area contributed by atoms with Crippen molar-refractivity contribution in [2.24, 2.45) is 0 Å². The zero-order chi connectivity index (χ0) is 20.5. The van der Waals surface area contributed by atoms with Crippen molar-refractivity contribution >= 4 is 12.0 Å². The van der Waals surface area contributed by atoms with Crippen LogP contribution in [0.5, 0.6) is 17.2 Å². The summed E-state index contributed by atoms with van der Waals surface area (Å²) in [5.74, 6) is -0.566. The molecule has 0 aromatic heterocycles. The van der Waals surface area contributed by atoms with Crippen molar-refractivity contribution in [3.8, 4) is 17.2 Å². The minimum absolute atomic E-state index is 0.0547. The van der Waals surface area contributed by atoms with Crippen molar-refractivity contribution < 1.29 is 36.6 Å². The molecule has 0 fully saturated rings. The standard InChI is InChI=1S/C19H17F4NO4/c1-26-16-10-12(6-8-15(16)28-19(22)23)11-24-17(25)9-7-13-4-2-3-5-14(13)27-18(20)21/h2-10,18-19H,11H2,1H3,(H,24,25)/b9-7+. The van der Waals surface area contributed by atoms with Crippen LogP contribution >= 0.6 is 0 Å². The van der Waals surface area contributed by atoms with Crippen molar-refractivity contribution in [1.29, 1.82) is 0 Å². The number of rotatable bonds is 9. The van der Waals surface area contributed by atoms with Crippen LogP contribution in [0.4, 0.5) is 17.6 Å². The summed E-state index contributed by atoms with van der Waals surface area (Å²) >= 11 is 0. The predicted octanol–water partition coefficient (Wildman–Crippen LogP) is 4.23. The number of ether oxygens (including phenoxy) is 3. The fourth-order valence-corrected chi connectivity index (χ4v) is 2.25. The van der Waals surface area contributed by atoms with Crippen molar-refractivity contribution in [3.63, 3.8) is 0 Å². The summed E-state index contributed by atoms with van der Waals surface area (Å²) in [5.41, 5.74) is 0.898. The molecule has 2 aromatic carbocycles. The van der Waals surface area contributed by atoms with Gasteiger partial charge in [-0.25, -0.2) is 0 Å². The summed E-state index contributed by atoms with van der Waals surface area (Å²) in [5, 5.41) is 2.58. The lowest BCUT2D eigenvalue weighted by Crippen LogP contribution is -2.20. The molecule has 5 nitrogen and oxygen atoms in total. The Hall–Kier alpha value is -3.23. The highest BCUT2D eigenvalue weighted by Crippen LogP contribution is 2.29. The van der Waals surface area contributed by atoms with Crippen LogP contribution in [0, 0.1) is 0 Å². The number of hydrogen-bond acceptors (Lipinski definition) is 4. The van der Waals surface area contributed by atoms with Gasteiger partial charge in [0, 0.05) is 18.2 Å². The van der Waals surface area contributed by atoms with Crippen molar-refractivity contribution in [2.45, 2.75) is 19.8 Å². The molecule has 0 radical (unpaired) electrons. The molecular formula is C19H17F4NO4. The van der Waals surface area contributed by atoms with Gasteiger partial charge in [0.2, 0.25) is 5.91 Å². The highest BCUT2D eigenvalue weighted by atomic mass is 19.3. The number of hydrogen-bond donors (Lipinski definition) is 1. The van der Waals surface area contributed by atoms with Gasteiger partial charge in [-0.3, -0.25) is 4.79 Å². The second-order valence-electron chi connectivity index (χ2n) is 5.33. The lowest BCUT2D eigenvalue weighted by molar-refractivity contribution is -0.116. The summed E-state index contributed by atoms with van der Waals surface area (Å²) in [6.45, 7) is -5.87. The molecule has 0 heterocycles. The Morgan fingerprint density at radius 3 is 2.36 bits per heavy atom. The molecule has 0 unspecified atom stereocenters. The molecule has 0 aliphatic carbocycles. The molecule has 1 N–H and O–H groups in total. The van der Waals surface area contributed by atoms with Crippen LogP contribution in [0.25, 0.3) is 6.08 Å². The first kappa shape index (κ1) is 21.1. The Kier molecular flexibility index (Phi) is 7.67. The molecule has 28 heavy (non-hydrogen) atoms. The molecule has 1 amide bonds. The normalized spacial score (nSPS) is 11.1. The smallest absolute Gasteiger partial charge is 0.387 e. The highest BCUT2D eigenvalue weighted by molar-refractivity contribution is 5.92. The quantitative estimate of drug-likeness (QED) is 0.507. The molecule has 9 heteroatoms. The molecule has 2 aromatic rings. The van der Waals surface area contributed by atoms with E-state index < -0.39 is 19.1 Å². The third kappa shape index (κ3) is 6.49. The number of amides is 1. The monoisotopic (exact) mass is 399 g/mol. The molecule has 0 aliphatic heterocycles. The largest absolute Gasteiger partial charge is 0.493 e. The molecule has 0 aliphatic rings. The number of benzene rings is 2. The number of carbonyl (C=O) groups is 1. The lowest BCUT2D eigenvalue weighted by atomic mass is 10.2. The minimum Gasteiger partial charge on any atom is -0.493 e. The summed E-state index contributed by atoms with van der Waals surface area (Å²) in [4.78, 5) is 11.9. The summed E-state index contributed by atoms with van der Waals surface area (Å²) in [6.07, 6.45) is 2.51. The van der Waals surface area contributed by atoms with Gasteiger partial charge in [0.25, 0.3) is 0 Å². The van der Waals surface area contributed by atoms with E-state index in [9.17, 15) is 22.4 Å². The fourth-order valence-electron chi connectivity index (χ4n) is 2.25. The maximum absolute atomic E-state index is 12.4. The van der Waals surface area contributed by atoms with E-state index in [0.29, 0.717) is 11.1 Å². The summed E-state index contributed by atoms with van der Waals surface area (Å²) in [7, 11) is 1.30. The van der Waals surface area contributed by atoms with Crippen molar-refractivity contribution in [2.75, 3.05) is 7.11 Å². The first-order valence-electron chi connectivity index (χ1n) is 8.00. The third-order valence-corrected chi connectivity index (χ3v) is 3.46. The van der Waals surface area contributed by atoms with Crippen LogP contribution in [0.3, 0.4) is 0 Å². The van der Waals surface area contributed by atoms with Crippen molar-refractivity contribution in [1.82, 2.24) is 5.32 Å². The Morgan fingerprint density at radius 1 is 1.00 bits per heavy atom. The lowest BCUT2D eigenvalue weighted by Gasteiger charge is -2.11. The number of methoxy groups -OCH3 is 1. The van der Waals surface area contributed by atoms with Crippen LogP contribution in [0.15, 0.2) is 48.5 Å². The maximum atomic E-state index is 12.4. The zero-order valence-corrected chi connectivity index (χ0v) is 14.7. The maximum Gasteiger partial charge on any atom is 0.387 e. The van der Waals surface area contributed by atoms with E-state index >= 15 is 0 Å². The van der Waals surface area contributed by atoms with E-state index in [1.54, 1.807) is 6.07 Å². The Morgan fingerprint density at radius 2 is 1.68 bits per heavy atom. The summed E-state index contributed by atoms with van der Waals surface area (Å²) < 4.78 is 63.1. The molecule has 0 spiro atoms. The van der Waals surface area contributed by atoms with Crippen LogP contribution in [-0.2, 0) is 11.3 Å². The van der Waals surface area contributed by atoms with Gasteiger partial charge in [0.05, 0.1) is 7.11 Å². The second-order valence-corrected chi connectivity index (χ2v) is 5.33. The highest BCUT2D eigenvalue weighted by Gasteiger charge is 2.11. The first-order chi connectivity index (χ1) is 13.4.